The molecule has 4 N–H and O–H groups in total. The Hall–Kier alpha value is -2.64. The number of benzene rings is 1. The summed E-state index contributed by atoms with van der Waals surface area (Å²) in [5.74, 6) is -0.872. The fraction of sp³-hybridized carbons (Fsp3) is 0.471. The van der Waals surface area contributed by atoms with Crippen LogP contribution in [0, 0.1) is 11.7 Å². The second kappa shape index (κ2) is 6.70. The highest BCUT2D eigenvalue weighted by molar-refractivity contribution is 6.07. The van der Waals surface area contributed by atoms with Crippen LogP contribution in [0.15, 0.2) is 18.2 Å². The third kappa shape index (κ3) is 3.29. The zero-order chi connectivity index (χ0) is 18.0. The topological polar surface area (TPSA) is 99.3 Å². The molecule has 1 aliphatic heterocycles. The Morgan fingerprint density at radius 3 is 2.84 bits per heavy atom. The Labute approximate surface area is 144 Å². The van der Waals surface area contributed by atoms with Crippen molar-refractivity contribution in [3.63, 3.8) is 0 Å². The minimum atomic E-state index is -0.931. The zero-order valence-electron chi connectivity index (χ0n) is 13.9. The maximum atomic E-state index is 13.8. The molecule has 7 nitrogen and oxygen atoms in total. The number of anilines is 1. The van der Waals surface area contributed by atoms with Gasteiger partial charge in [-0.25, -0.2) is 14.0 Å². The molecule has 0 aromatic heterocycles. The highest BCUT2D eigenvalue weighted by atomic mass is 19.1. The van der Waals surface area contributed by atoms with E-state index in [1.807, 2.05) is 6.92 Å². The van der Waals surface area contributed by atoms with Gasteiger partial charge < -0.3 is 16.0 Å². The Bertz CT molecular complexity index is 724. The summed E-state index contributed by atoms with van der Waals surface area (Å²) >= 11 is 0. The van der Waals surface area contributed by atoms with Gasteiger partial charge in [0.05, 0.1) is 0 Å². The third-order valence-electron chi connectivity index (χ3n) is 4.99. The first-order valence-corrected chi connectivity index (χ1v) is 8.41. The van der Waals surface area contributed by atoms with Gasteiger partial charge in [-0.2, -0.15) is 0 Å². The molecule has 1 heterocycles. The molecule has 1 saturated carbocycles. The molecule has 2 unspecified atom stereocenters. The number of carbonyl (C=O) groups is 3. The molecule has 1 saturated heterocycles. The van der Waals surface area contributed by atoms with Gasteiger partial charge >= 0.3 is 12.1 Å². The fourth-order valence-electron chi connectivity index (χ4n) is 3.63. The number of halogens is 1. The smallest absolute Gasteiger partial charge is 0.322 e. The molecule has 8 heteroatoms. The van der Waals surface area contributed by atoms with E-state index in [1.54, 1.807) is 12.1 Å². The van der Waals surface area contributed by atoms with E-state index in [2.05, 4.69) is 21.3 Å². The van der Waals surface area contributed by atoms with Gasteiger partial charge in [0.2, 0.25) is 0 Å². The molecule has 3 rings (SSSR count). The molecule has 1 aromatic rings. The third-order valence-corrected chi connectivity index (χ3v) is 4.99. The lowest BCUT2D eigenvalue weighted by atomic mass is 9.87. The summed E-state index contributed by atoms with van der Waals surface area (Å²) in [5, 5.41) is 10.2. The molecule has 1 spiro atoms. The quantitative estimate of drug-likeness (QED) is 0.625. The van der Waals surface area contributed by atoms with Crippen molar-refractivity contribution >= 4 is 23.7 Å². The van der Waals surface area contributed by atoms with Crippen molar-refractivity contribution in [1.82, 2.24) is 16.0 Å². The van der Waals surface area contributed by atoms with E-state index in [0.717, 1.165) is 12.8 Å². The first kappa shape index (κ1) is 17.2. The highest BCUT2D eigenvalue weighted by Gasteiger charge is 2.54. The van der Waals surface area contributed by atoms with E-state index in [1.165, 1.54) is 6.07 Å². The summed E-state index contributed by atoms with van der Waals surface area (Å²) in [6.07, 6.45) is 2.66. The van der Waals surface area contributed by atoms with Crippen LogP contribution in [0.3, 0.4) is 0 Å². The first-order valence-electron chi connectivity index (χ1n) is 8.41. The van der Waals surface area contributed by atoms with Crippen LogP contribution in [0.25, 0.3) is 0 Å². The van der Waals surface area contributed by atoms with Crippen LogP contribution in [-0.2, 0) is 11.2 Å². The lowest BCUT2D eigenvalue weighted by Crippen LogP contribution is -2.53. The van der Waals surface area contributed by atoms with Gasteiger partial charge in [0.25, 0.3) is 5.91 Å². The SMILES string of the molecule is CCc1ccc(NC(=O)NCC2CCCC23NC(=O)NC3=O)cc1F. The molecule has 0 bridgehead atoms. The predicted octanol–water partition coefficient (Wildman–Crippen LogP) is 1.89. The molecule has 0 radical (unpaired) electrons. The maximum Gasteiger partial charge on any atom is 0.322 e. The number of aryl methyl sites for hydroxylation is 1. The maximum absolute atomic E-state index is 13.8. The number of hydrogen-bond donors (Lipinski definition) is 4. The molecule has 5 amide bonds. The second-order valence-corrected chi connectivity index (χ2v) is 6.46. The van der Waals surface area contributed by atoms with Crippen LogP contribution >= 0.6 is 0 Å². The number of rotatable bonds is 4. The zero-order valence-corrected chi connectivity index (χ0v) is 13.9. The molecule has 2 fully saturated rings. The molecule has 1 aromatic carbocycles. The molecular formula is C17H21FN4O3. The van der Waals surface area contributed by atoms with Crippen LogP contribution in [0.2, 0.25) is 0 Å². The minimum Gasteiger partial charge on any atom is -0.337 e. The standard InChI is InChI=1S/C17H21FN4O3/c1-2-10-5-6-12(8-13(10)18)20-15(24)19-9-11-4-3-7-17(11)14(23)21-16(25)22-17/h5-6,8,11H,2-4,7,9H2,1H3,(H2,19,20,24)(H2,21,22,23,25). The number of imide groups is 1. The van der Waals surface area contributed by atoms with E-state index < -0.39 is 17.6 Å². The Kier molecular flexibility index (Phi) is 4.61. The Morgan fingerprint density at radius 1 is 1.40 bits per heavy atom. The summed E-state index contributed by atoms with van der Waals surface area (Å²) in [6, 6.07) is 3.58. The average molecular weight is 348 g/mol. The summed E-state index contributed by atoms with van der Waals surface area (Å²) in [6.45, 7) is 2.10. The molecule has 25 heavy (non-hydrogen) atoms. The van der Waals surface area contributed by atoms with Crippen molar-refractivity contribution in [3.8, 4) is 0 Å². The molecular weight excluding hydrogens is 327 g/mol. The molecule has 134 valence electrons. The Balaban J connectivity index is 1.58. The van der Waals surface area contributed by atoms with Gasteiger partial charge in [-0.15, -0.1) is 0 Å². The van der Waals surface area contributed by atoms with Gasteiger partial charge in [-0.05, 0) is 37.0 Å². The summed E-state index contributed by atoms with van der Waals surface area (Å²) in [7, 11) is 0. The van der Waals surface area contributed by atoms with Crippen molar-refractivity contribution in [3.05, 3.63) is 29.6 Å². The van der Waals surface area contributed by atoms with Crippen LogP contribution in [-0.4, -0.2) is 30.1 Å². The lowest BCUT2D eigenvalue weighted by molar-refractivity contribution is -0.125. The van der Waals surface area contributed by atoms with Crippen molar-refractivity contribution in [2.45, 2.75) is 38.1 Å². The fourth-order valence-corrected chi connectivity index (χ4v) is 3.63. The second-order valence-electron chi connectivity index (χ2n) is 6.46. The van der Waals surface area contributed by atoms with Crippen LogP contribution in [0.4, 0.5) is 19.7 Å². The summed E-state index contributed by atoms with van der Waals surface area (Å²) in [4.78, 5) is 35.6. The average Bonchev–Trinajstić information content (AvgIpc) is 3.09. The van der Waals surface area contributed by atoms with E-state index in [0.29, 0.717) is 24.1 Å². The normalized spacial score (nSPS) is 25.0. The monoisotopic (exact) mass is 348 g/mol. The number of carbonyl (C=O) groups excluding carboxylic acids is 3. The minimum absolute atomic E-state index is 0.177. The van der Waals surface area contributed by atoms with Crippen LogP contribution in [0.5, 0.6) is 0 Å². The molecule has 2 atom stereocenters. The van der Waals surface area contributed by atoms with Crippen molar-refractivity contribution in [1.29, 1.82) is 0 Å². The highest BCUT2D eigenvalue weighted by Crippen LogP contribution is 2.37. The van der Waals surface area contributed by atoms with Crippen LogP contribution in [0.1, 0.15) is 31.7 Å². The van der Waals surface area contributed by atoms with Gasteiger partial charge in [-0.1, -0.05) is 19.4 Å². The van der Waals surface area contributed by atoms with Crippen LogP contribution < -0.4 is 21.3 Å². The lowest BCUT2D eigenvalue weighted by Gasteiger charge is -2.28. The van der Waals surface area contributed by atoms with E-state index in [4.69, 9.17) is 0 Å². The number of urea groups is 2. The summed E-state index contributed by atoms with van der Waals surface area (Å²) in [5.41, 5.74) is 0.0151. The number of amides is 5. The van der Waals surface area contributed by atoms with Gasteiger partial charge in [0, 0.05) is 18.2 Å². The predicted molar refractivity (Wildman–Crippen MR) is 89.5 cm³/mol. The van der Waals surface area contributed by atoms with Crippen molar-refractivity contribution in [2.24, 2.45) is 5.92 Å². The van der Waals surface area contributed by atoms with Gasteiger partial charge in [0.1, 0.15) is 11.4 Å². The van der Waals surface area contributed by atoms with Crippen molar-refractivity contribution < 1.29 is 18.8 Å². The van der Waals surface area contributed by atoms with Crippen molar-refractivity contribution in [2.75, 3.05) is 11.9 Å². The first-order chi connectivity index (χ1) is 11.9. The van der Waals surface area contributed by atoms with Gasteiger partial charge in [0.15, 0.2) is 0 Å². The Morgan fingerprint density at radius 2 is 2.20 bits per heavy atom. The van der Waals surface area contributed by atoms with E-state index in [-0.39, 0.29) is 24.2 Å². The largest absolute Gasteiger partial charge is 0.337 e. The van der Waals surface area contributed by atoms with E-state index >= 15 is 0 Å². The van der Waals surface area contributed by atoms with E-state index in [9.17, 15) is 18.8 Å². The molecule has 2 aliphatic rings. The van der Waals surface area contributed by atoms with Gasteiger partial charge in [-0.3, -0.25) is 10.1 Å². The number of hydrogen-bond acceptors (Lipinski definition) is 3. The summed E-state index contributed by atoms with van der Waals surface area (Å²) < 4.78 is 13.8. The molecule has 1 aliphatic carbocycles. The number of nitrogens with one attached hydrogen (secondary N) is 4.